The van der Waals surface area contributed by atoms with Gasteiger partial charge in [-0.25, -0.2) is 4.79 Å². The van der Waals surface area contributed by atoms with Gasteiger partial charge in [0, 0.05) is 24.9 Å². The van der Waals surface area contributed by atoms with Crippen molar-refractivity contribution in [2.75, 3.05) is 6.54 Å². The maximum absolute atomic E-state index is 12.4. The Kier molecular flexibility index (Phi) is 7.97. The van der Waals surface area contributed by atoms with Crippen molar-refractivity contribution >= 4 is 23.6 Å². The van der Waals surface area contributed by atoms with Crippen molar-refractivity contribution in [3.63, 3.8) is 0 Å². The van der Waals surface area contributed by atoms with E-state index in [4.69, 9.17) is 9.57 Å². The first kappa shape index (κ1) is 28.3. The van der Waals surface area contributed by atoms with Gasteiger partial charge in [0.25, 0.3) is 0 Å². The Balaban J connectivity index is 1.14. The summed E-state index contributed by atoms with van der Waals surface area (Å²) in [6.45, 7) is 10.9. The highest BCUT2D eigenvalue weighted by Crippen LogP contribution is 2.66. The number of carbonyl (C=O) groups is 3. The molecule has 216 valence electrons. The van der Waals surface area contributed by atoms with Crippen LogP contribution in [0.5, 0.6) is 0 Å². The predicted octanol–water partition coefficient (Wildman–Crippen LogP) is 5.31. The van der Waals surface area contributed by atoms with Crippen LogP contribution in [0.4, 0.5) is 4.79 Å². The van der Waals surface area contributed by atoms with Gasteiger partial charge < -0.3 is 10.1 Å². The average molecular weight is 542 g/mol. The predicted molar refractivity (Wildman–Crippen MR) is 149 cm³/mol. The molecule has 0 bridgehead atoms. The van der Waals surface area contributed by atoms with E-state index in [2.05, 4.69) is 29.6 Å². The summed E-state index contributed by atoms with van der Waals surface area (Å²) in [5, 5.41) is 10.4. The second kappa shape index (κ2) is 11.0. The lowest BCUT2D eigenvalue weighted by Crippen LogP contribution is -2.51. The monoisotopic (exact) mass is 541 g/mol. The standard InChI is InChI=1S/C31H47N3O5/c1-18(2)38-28(36)27-11-7-21(33-27)17-32-29(37)39-34-19(3)24-9-10-25-23-8-6-20-16-22(35)12-14-30(20,4)26(23)13-15-31(24,25)5/h16,18,21,23-27,33H,6-15,17H2,1-5H3,(H,32,37)/b34-19+/t21?,23-,24+,25-,26-,27?,30-,31+/m0/s1. The van der Waals surface area contributed by atoms with E-state index in [0.717, 1.165) is 37.8 Å². The summed E-state index contributed by atoms with van der Waals surface area (Å²) in [5.41, 5.74) is 2.68. The van der Waals surface area contributed by atoms with Gasteiger partial charge in [-0.15, -0.1) is 0 Å². The highest BCUT2D eigenvalue weighted by Gasteiger charge is 2.59. The number of esters is 1. The molecule has 5 rings (SSSR count). The zero-order valence-electron chi connectivity index (χ0n) is 24.4. The topological polar surface area (TPSA) is 106 Å². The molecule has 0 radical (unpaired) electrons. The number of ether oxygens (including phenoxy) is 1. The molecule has 2 N–H and O–H groups in total. The van der Waals surface area contributed by atoms with Gasteiger partial charge in [0.15, 0.2) is 5.78 Å². The van der Waals surface area contributed by atoms with Gasteiger partial charge >= 0.3 is 12.1 Å². The number of oxime groups is 1. The van der Waals surface area contributed by atoms with Crippen LogP contribution in [0.25, 0.3) is 0 Å². The fourth-order valence-electron chi connectivity index (χ4n) is 9.14. The zero-order valence-corrected chi connectivity index (χ0v) is 24.4. The Morgan fingerprint density at radius 3 is 2.64 bits per heavy atom. The number of hydrogen-bond acceptors (Lipinski definition) is 7. The Morgan fingerprint density at radius 1 is 1.08 bits per heavy atom. The molecule has 4 aliphatic carbocycles. The third-order valence-corrected chi connectivity index (χ3v) is 11.1. The van der Waals surface area contributed by atoms with Crippen molar-refractivity contribution in [2.24, 2.45) is 39.7 Å². The summed E-state index contributed by atoms with van der Waals surface area (Å²) < 4.78 is 5.28. The van der Waals surface area contributed by atoms with E-state index in [-0.39, 0.29) is 35.0 Å². The lowest BCUT2D eigenvalue weighted by molar-refractivity contribution is -0.149. The molecule has 2 unspecified atom stereocenters. The second-order valence-corrected chi connectivity index (χ2v) is 13.6. The lowest BCUT2D eigenvalue weighted by atomic mass is 9.46. The molecule has 1 saturated heterocycles. The van der Waals surface area contributed by atoms with E-state index in [1.54, 1.807) is 0 Å². The average Bonchev–Trinajstić information content (AvgIpc) is 3.50. The molecule has 0 aromatic heterocycles. The molecule has 4 fully saturated rings. The number of amides is 1. The highest BCUT2D eigenvalue weighted by atomic mass is 16.7. The van der Waals surface area contributed by atoms with E-state index in [0.29, 0.717) is 48.8 Å². The first-order valence-electron chi connectivity index (χ1n) is 15.2. The SMILES string of the molecule is C/C(=N\OC(=O)NCC1CCC(C(=O)OC(C)C)N1)[C@H]1CC[C@H]2[C@@H]3CCC4=CC(=O)CC[C@]4(C)[C@H]3CC[C@]12C. The highest BCUT2D eigenvalue weighted by molar-refractivity contribution is 5.91. The quantitative estimate of drug-likeness (QED) is 0.204. The molecule has 1 aliphatic heterocycles. The first-order valence-corrected chi connectivity index (χ1v) is 15.2. The second-order valence-electron chi connectivity index (χ2n) is 13.6. The summed E-state index contributed by atoms with van der Waals surface area (Å²) in [6, 6.07) is -0.316. The van der Waals surface area contributed by atoms with Crippen LogP contribution in [-0.2, 0) is 19.2 Å². The van der Waals surface area contributed by atoms with Gasteiger partial charge in [0.1, 0.15) is 6.04 Å². The van der Waals surface area contributed by atoms with Crippen LogP contribution in [-0.4, -0.2) is 48.3 Å². The Bertz CT molecular complexity index is 1050. The number of hydrogen-bond donors (Lipinski definition) is 2. The number of nitrogens with zero attached hydrogens (tertiary/aromatic N) is 1. The minimum Gasteiger partial charge on any atom is -0.462 e. The number of nitrogens with one attached hydrogen (secondary N) is 2. The van der Waals surface area contributed by atoms with Gasteiger partial charge in [-0.1, -0.05) is 24.6 Å². The summed E-state index contributed by atoms with van der Waals surface area (Å²) >= 11 is 0. The van der Waals surface area contributed by atoms with E-state index in [1.807, 2.05) is 26.8 Å². The van der Waals surface area contributed by atoms with Crippen LogP contribution >= 0.6 is 0 Å². The molecule has 1 heterocycles. The van der Waals surface area contributed by atoms with Crippen molar-refractivity contribution in [1.29, 1.82) is 0 Å². The maximum atomic E-state index is 12.4. The largest absolute Gasteiger partial charge is 0.462 e. The number of rotatable bonds is 6. The summed E-state index contributed by atoms with van der Waals surface area (Å²) in [7, 11) is 0. The molecule has 8 atom stereocenters. The maximum Gasteiger partial charge on any atom is 0.433 e. The minimum atomic E-state index is -0.556. The molecule has 39 heavy (non-hydrogen) atoms. The van der Waals surface area contributed by atoms with Crippen molar-refractivity contribution < 1.29 is 24.0 Å². The minimum absolute atomic E-state index is 0.00650. The summed E-state index contributed by atoms with van der Waals surface area (Å²) in [6.07, 6.45) is 11.4. The Labute approximate surface area is 233 Å². The van der Waals surface area contributed by atoms with Crippen LogP contribution in [0.1, 0.15) is 98.8 Å². The molecule has 0 spiro atoms. The number of allylic oxidation sites excluding steroid dienone is 1. The van der Waals surface area contributed by atoms with E-state index in [9.17, 15) is 14.4 Å². The van der Waals surface area contributed by atoms with Crippen LogP contribution < -0.4 is 10.6 Å². The zero-order chi connectivity index (χ0) is 27.9. The van der Waals surface area contributed by atoms with Gasteiger partial charge in [0.05, 0.1) is 11.8 Å². The van der Waals surface area contributed by atoms with Gasteiger partial charge in [-0.05, 0) is 113 Å². The fraction of sp³-hybridized carbons (Fsp3) is 0.806. The molecule has 5 aliphatic rings. The molecular weight excluding hydrogens is 494 g/mol. The Morgan fingerprint density at radius 2 is 1.87 bits per heavy atom. The van der Waals surface area contributed by atoms with Gasteiger partial charge in [0.2, 0.25) is 0 Å². The van der Waals surface area contributed by atoms with E-state index >= 15 is 0 Å². The summed E-state index contributed by atoms with van der Waals surface area (Å²) in [4.78, 5) is 42.0. The molecule has 8 nitrogen and oxygen atoms in total. The third-order valence-electron chi connectivity index (χ3n) is 11.1. The van der Waals surface area contributed by atoms with Crippen molar-refractivity contribution in [3.8, 4) is 0 Å². The van der Waals surface area contributed by atoms with Crippen LogP contribution in [0.3, 0.4) is 0 Å². The van der Waals surface area contributed by atoms with E-state index in [1.165, 1.54) is 24.8 Å². The lowest BCUT2D eigenvalue weighted by Gasteiger charge is -2.58. The van der Waals surface area contributed by atoms with Crippen LogP contribution in [0.2, 0.25) is 0 Å². The van der Waals surface area contributed by atoms with Crippen molar-refractivity contribution in [3.05, 3.63) is 11.6 Å². The molecular formula is C31H47N3O5. The molecule has 8 heteroatoms. The number of carbonyl (C=O) groups excluding carboxylic acids is 3. The molecule has 1 amide bonds. The normalized spacial score (nSPS) is 39.9. The Hall–Kier alpha value is -2.22. The van der Waals surface area contributed by atoms with Gasteiger partial charge in [-0.3, -0.25) is 19.7 Å². The number of ketones is 1. The third kappa shape index (κ3) is 5.42. The summed E-state index contributed by atoms with van der Waals surface area (Å²) in [5.74, 6) is 2.41. The molecule has 0 aromatic rings. The molecule has 3 saturated carbocycles. The van der Waals surface area contributed by atoms with Crippen molar-refractivity contribution in [2.45, 2.75) is 117 Å². The molecule has 0 aromatic carbocycles. The van der Waals surface area contributed by atoms with Crippen LogP contribution in [0.15, 0.2) is 16.8 Å². The first-order chi connectivity index (χ1) is 18.5. The van der Waals surface area contributed by atoms with Gasteiger partial charge in [-0.2, -0.15) is 0 Å². The number of fused-ring (bicyclic) bond motifs is 5. The van der Waals surface area contributed by atoms with Crippen molar-refractivity contribution in [1.82, 2.24) is 10.6 Å². The smallest absolute Gasteiger partial charge is 0.433 e. The van der Waals surface area contributed by atoms with E-state index < -0.39 is 6.09 Å². The van der Waals surface area contributed by atoms with Crippen LogP contribution in [0, 0.1) is 34.5 Å². The fourth-order valence-corrected chi connectivity index (χ4v) is 9.14.